The highest BCUT2D eigenvalue weighted by Crippen LogP contribution is 2.49. The Bertz CT molecular complexity index is 1280. The first-order valence-corrected chi connectivity index (χ1v) is 11.4. The van der Waals surface area contributed by atoms with Crippen molar-refractivity contribution in [2.75, 3.05) is 43.6 Å². The summed E-state index contributed by atoms with van der Waals surface area (Å²) in [6.45, 7) is 0.368. The van der Waals surface area contributed by atoms with Crippen LogP contribution in [0.2, 0.25) is 0 Å². The highest BCUT2D eigenvalue weighted by molar-refractivity contribution is 6.22. The topological polar surface area (TPSA) is 74.0 Å². The maximum atomic E-state index is 12.5. The van der Waals surface area contributed by atoms with Gasteiger partial charge in [-0.2, -0.15) is 0 Å². The maximum absolute atomic E-state index is 12.5. The van der Waals surface area contributed by atoms with Gasteiger partial charge < -0.3 is 20.9 Å². The molecular formula is C28H29N5O. The van der Waals surface area contributed by atoms with Crippen LogP contribution in [-0.2, 0) is 4.79 Å². The first-order valence-electron chi connectivity index (χ1n) is 11.4. The van der Waals surface area contributed by atoms with Gasteiger partial charge in [0.05, 0.1) is 12.5 Å². The Kier molecular flexibility index (Phi) is 5.67. The van der Waals surface area contributed by atoms with Crippen LogP contribution in [0.5, 0.6) is 0 Å². The number of fused-ring (bicyclic) bond motifs is 3. The highest BCUT2D eigenvalue weighted by Gasteiger charge is 2.38. The monoisotopic (exact) mass is 451 g/mol. The smallest absolute Gasteiger partial charge is 0.240 e. The molecule has 3 aromatic carbocycles. The zero-order chi connectivity index (χ0) is 23.8. The van der Waals surface area contributed by atoms with Crippen LogP contribution in [0.1, 0.15) is 22.6 Å². The van der Waals surface area contributed by atoms with Crippen molar-refractivity contribution in [2.45, 2.75) is 12.1 Å². The average Bonchev–Trinajstić information content (AvgIpc) is 3.21. The fourth-order valence-corrected chi connectivity index (χ4v) is 4.78. The van der Waals surface area contributed by atoms with Gasteiger partial charge in [0.25, 0.3) is 0 Å². The average molecular weight is 452 g/mol. The summed E-state index contributed by atoms with van der Waals surface area (Å²) in [5, 5.41) is 3.55. The minimum atomic E-state index is -0.0650. The first-order chi connectivity index (χ1) is 16.4. The molecule has 172 valence electrons. The fraction of sp³-hybridized carbons (Fsp3) is 0.214. The van der Waals surface area contributed by atoms with Crippen molar-refractivity contribution in [3.8, 4) is 0 Å². The summed E-state index contributed by atoms with van der Waals surface area (Å²) in [5.41, 5.74) is 14.6. The van der Waals surface area contributed by atoms with Gasteiger partial charge in [-0.15, -0.1) is 0 Å². The van der Waals surface area contributed by atoms with E-state index in [1.54, 1.807) is 4.90 Å². The van der Waals surface area contributed by atoms with E-state index in [0.717, 1.165) is 33.8 Å². The Morgan fingerprint density at radius 2 is 1.71 bits per heavy atom. The second kappa shape index (κ2) is 8.80. The predicted octanol–water partition coefficient (Wildman–Crippen LogP) is 4.32. The summed E-state index contributed by atoms with van der Waals surface area (Å²) in [7, 11) is 5.60. The molecule has 5 rings (SSSR count). The molecule has 6 nitrogen and oxygen atoms in total. The zero-order valence-electron chi connectivity index (χ0n) is 19.7. The number of nitrogens with one attached hydrogen (secondary N) is 1. The lowest BCUT2D eigenvalue weighted by molar-refractivity contribution is -0.118. The number of aliphatic imine (C=N–C) groups is 1. The van der Waals surface area contributed by atoms with Crippen molar-refractivity contribution in [3.05, 3.63) is 89.5 Å². The van der Waals surface area contributed by atoms with Crippen molar-refractivity contribution in [2.24, 2.45) is 4.99 Å². The Hall–Kier alpha value is -3.90. The van der Waals surface area contributed by atoms with Gasteiger partial charge in [-0.05, 0) is 66.7 Å². The van der Waals surface area contributed by atoms with Crippen molar-refractivity contribution >= 4 is 40.3 Å². The number of carbonyl (C=O) groups excluding carboxylic acids is 1. The third kappa shape index (κ3) is 3.97. The molecule has 1 amide bonds. The predicted molar refractivity (Wildman–Crippen MR) is 141 cm³/mol. The van der Waals surface area contributed by atoms with E-state index in [2.05, 4.69) is 47.8 Å². The Labute approximate surface area is 200 Å². The van der Waals surface area contributed by atoms with Gasteiger partial charge in [-0.3, -0.25) is 9.79 Å². The van der Waals surface area contributed by atoms with Crippen LogP contribution in [0.4, 0.5) is 17.1 Å². The quantitative estimate of drug-likeness (QED) is 0.567. The van der Waals surface area contributed by atoms with Crippen LogP contribution in [0, 0.1) is 0 Å². The van der Waals surface area contributed by atoms with Gasteiger partial charge in [0.1, 0.15) is 6.17 Å². The standard InChI is InChI=1S/C28H29N5O/c1-32(2)17-25(34)33(3)21-12-9-18(10-13-21)23-16-30-28-27(26(23)19-7-5-4-6-8-19)22-15-20(29)11-14-24(22)31-28/h4-16,27-28,31H,17,29H2,1-3H3. The highest BCUT2D eigenvalue weighted by atomic mass is 16.2. The molecule has 2 heterocycles. The third-order valence-electron chi connectivity index (χ3n) is 6.47. The number of hydrogen-bond donors (Lipinski definition) is 2. The van der Waals surface area contributed by atoms with E-state index >= 15 is 0 Å². The molecule has 0 aromatic heterocycles. The van der Waals surface area contributed by atoms with Gasteiger partial charge >= 0.3 is 0 Å². The number of likely N-dealkylation sites (N-methyl/N-ethyl adjacent to an activating group) is 2. The Morgan fingerprint density at radius 3 is 2.41 bits per heavy atom. The first kappa shape index (κ1) is 21.9. The van der Waals surface area contributed by atoms with Crippen molar-refractivity contribution in [1.29, 1.82) is 0 Å². The van der Waals surface area contributed by atoms with E-state index < -0.39 is 0 Å². The molecule has 0 bridgehead atoms. The van der Waals surface area contributed by atoms with Crippen LogP contribution in [0.3, 0.4) is 0 Å². The summed E-state index contributed by atoms with van der Waals surface area (Å²) in [6, 6.07) is 24.6. The molecule has 0 saturated heterocycles. The van der Waals surface area contributed by atoms with Gasteiger partial charge in [0.2, 0.25) is 5.91 Å². The number of rotatable bonds is 5. The number of benzene rings is 3. The normalized spacial score (nSPS) is 18.5. The van der Waals surface area contributed by atoms with Crippen LogP contribution >= 0.6 is 0 Å². The molecular weight excluding hydrogens is 422 g/mol. The Balaban J connectivity index is 1.58. The van der Waals surface area contributed by atoms with Gasteiger partial charge in [0, 0.05) is 35.9 Å². The molecule has 3 N–H and O–H groups in total. The minimum Gasteiger partial charge on any atom is -0.399 e. The zero-order valence-corrected chi connectivity index (χ0v) is 19.7. The van der Waals surface area contributed by atoms with Crippen LogP contribution in [-0.4, -0.2) is 50.9 Å². The number of nitrogens with zero attached hydrogens (tertiary/aromatic N) is 3. The SMILES string of the molecule is CN(C)CC(=O)N(C)c1ccc(C2=C(c3ccccc3)C3c4cc(N)ccc4NC3N=C2)cc1. The van der Waals surface area contributed by atoms with E-state index in [0.29, 0.717) is 6.54 Å². The number of carbonyl (C=O) groups is 1. The molecule has 0 aliphatic carbocycles. The van der Waals surface area contributed by atoms with E-state index in [1.807, 2.05) is 62.6 Å². The number of nitrogen functional groups attached to an aromatic ring is 1. The molecule has 0 saturated carbocycles. The molecule has 2 atom stereocenters. The molecule has 0 radical (unpaired) electrons. The minimum absolute atomic E-state index is 0.0511. The molecule has 2 aliphatic rings. The van der Waals surface area contributed by atoms with Gasteiger partial charge in [-0.25, -0.2) is 0 Å². The van der Waals surface area contributed by atoms with E-state index in [4.69, 9.17) is 10.7 Å². The maximum Gasteiger partial charge on any atom is 0.240 e. The summed E-state index contributed by atoms with van der Waals surface area (Å²) in [6.07, 6.45) is 1.91. The largest absolute Gasteiger partial charge is 0.399 e. The van der Waals surface area contributed by atoms with Gasteiger partial charge in [0.15, 0.2) is 0 Å². The lowest BCUT2D eigenvalue weighted by Crippen LogP contribution is -2.34. The summed E-state index contributed by atoms with van der Waals surface area (Å²) >= 11 is 0. The molecule has 3 aromatic rings. The number of hydrogen-bond acceptors (Lipinski definition) is 5. The number of allylic oxidation sites excluding steroid dienone is 1. The molecule has 6 heteroatoms. The van der Waals surface area contributed by atoms with Crippen LogP contribution in [0.15, 0.2) is 77.8 Å². The molecule has 2 aliphatic heterocycles. The van der Waals surface area contributed by atoms with Crippen LogP contribution in [0.25, 0.3) is 11.1 Å². The number of amides is 1. The molecule has 0 spiro atoms. The van der Waals surface area contributed by atoms with E-state index in [9.17, 15) is 4.79 Å². The lowest BCUT2D eigenvalue weighted by Gasteiger charge is -2.28. The van der Waals surface area contributed by atoms with Gasteiger partial charge in [-0.1, -0.05) is 42.5 Å². The van der Waals surface area contributed by atoms with Crippen molar-refractivity contribution in [1.82, 2.24) is 4.90 Å². The molecule has 34 heavy (non-hydrogen) atoms. The van der Waals surface area contributed by atoms with E-state index in [-0.39, 0.29) is 18.0 Å². The fourth-order valence-electron chi connectivity index (χ4n) is 4.78. The van der Waals surface area contributed by atoms with Crippen LogP contribution < -0.4 is 16.0 Å². The summed E-state index contributed by atoms with van der Waals surface area (Å²) in [5.74, 6) is 0.111. The number of anilines is 3. The second-order valence-corrected chi connectivity index (χ2v) is 9.12. The second-order valence-electron chi connectivity index (χ2n) is 9.12. The number of nitrogens with two attached hydrogens (primary N) is 1. The van der Waals surface area contributed by atoms with Crippen molar-refractivity contribution in [3.63, 3.8) is 0 Å². The molecule has 2 unspecified atom stereocenters. The third-order valence-corrected chi connectivity index (χ3v) is 6.47. The molecule has 0 fully saturated rings. The summed E-state index contributed by atoms with van der Waals surface area (Å²) < 4.78 is 0. The lowest BCUT2D eigenvalue weighted by atomic mass is 9.80. The van der Waals surface area contributed by atoms with Crippen molar-refractivity contribution < 1.29 is 4.79 Å². The van der Waals surface area contributed by atoms with E-state index in [1.165, 1.54) is 11.1 Å². The summed E-state index contributed by atoms with van der Waals surface area (Å²) in [4.78, 5) is 20.9. The Morgan fingerprint density at radius 1 is 0.971 bits per heavy atom. The number of dihydropyridines is 1.